The van der Waals surface area contributed by atoms with Crippen LogP contribution in [0.1, 0.15) is 61.6 Å². The number of nitrogens with one attached hydrogen (secondary N) is 1. The molecule has 2 aromatic carbocycles. The Morgan fingerprint density at radius 2 is 1.81 bits per heavy atom. The van der Waals surface area contributed by atoms with Crippen molar-refractivity contribution < 1.29 is 9.90 Å². The van der Waals surface area contributed by atoms with Crippen LogP contribution in [-0.2, 0) is 17.6 Å². The van der Waals surface area contributed by atoms with Gasteiger partial charge in [-0.1, -0.05) is 25.1 Å². The number of anilines is 1. The molecule has 4 nitrogen and oxygen atoms in total. The summed E-state index contributed by atoms with van der Waals surface area (Å²) in [6, 6.07) is 14.5. The first-order valence-corrected chi connectivity index (χ1v) is 14.6. The van der Waals surface area contributed by atoms with Gasteiger partial charge in [-0.25, -0.2) is 0 Å². The fourth-order valence-electron chi connectivity index (χ4n) is 7.64. The summed E-state index contributed by atoms with van der Waals surface area (Å²) in [5, 5.41) is 13.4. The number of aromatic hydroxyl groups is 1. The number of hydrogen-bond acceptors (Lipinski definition) is 3. The van der Waals surface area contributed by atoms with Crippen molar-refractivity contribution >= 4 is 34.8 Å². The van der Waals surface area contributed by atoms with E-state index in [9.17, 15) is 9.90 Å². The van der Waals surface area contributed by atoms with Gasteiger partial charge in [0, 0.05) is 36.6 Å². The molecule has 0 radical (unpaired) electrons. The van der Waals surface area contributed by atoms with Crippen LogP contribution in [0.3, 0.4) is 0 Å². The molecule has 0 bridgehead atoms. The van der Waals surface area contributed by atoms with Gasteiger partial charge in [-0.3, -0.25) is 4.79 Å². The SMILES string of the molecule is C[C@@]12CC[C@H]3c4ccc(O)cc4CC[C@@H]3[C@@H]1CC[C@@H]2NC(=O)Cc1ccc(N(CCCl)CCCl)cc1. The van der Waals surface area contributed by atoms with Crippen LogP contribution >= 0.6 is 23.2 Å². The molecule has 5 atom stereocenters. The number of carbonyl (C=O) groups is 1. The Labute approximate surface area is 225 Å². The molecule has 3 aliphatic rings. The van der Waals surface area contributed by atoms with Gasteiger partial charge >= 0.3 is 0 Å². The number of nitrogens with zero attached hydrogens (tertiary/aromatic N) is 1. The maximum absolute atomic E-state index is 13.1. The van der Waals surface area contributed by atoms with Crippen LogP contribution in [-0.4, -0.2) is 41.9 Å². The van der Waals surface area contributed by atoms with E-state index in [1.807, 2.05) is 24.3 Å². The Bertz CT molecular complexity index is 1070. The minimum absolute atomic E-state index is 0.125. The summed E-state index contributed by atoms with van der Waals surface area (Å²) in [7, 11) is 0. The molecule has 0 saturated heterocycles. The van der Waals surface area contributed by atoms with Crippen LogP contribution < -0.4 is 10.2 Å². The van der Waals surface area contributed by atoms with E-state index in [0.29, 0.717) is 41.7 Å². The normalized spacial score (nSPS) is 28.6. The summed E-state index contributed by atoms with van der Waals surface area (Å²) < 4.78 is 0. The minimum Gasteiger partial charge on any atom is -0.508 e. The Kier molecular flexibility index (Phi) is 7.74. The van der Waals surface area contributed by atoms with Gasteiger partial charge in [0.1, 0.15) is 5.75 Å². The van der Waals surface area contributed by atoms with Gasteiger partial charge in [0.15, 0.2) is 0 Å². The maximum atomic E-state index is 13.1. The van der Waals surface area contributed by atoms with Crippen molar-refractivity contribution in [2.75, 3.05) is 29.7 Å². The number of amides is 1. The number of fused-ring (bicyclic) bond motifs is 5. The smallest absolute Gasteiger partial charge is 0.224 e. The fourth-order valence-corrected chi connectivity index (χ4v) is 8.04. The number of benzene rings is 2. The quantitative estimate of drug-likeness (QED) is 0.397. The summed E-state index contributed by atoms with van der Waals surface area (Å²) in [5.74, 6) is 3.54. The number of alkyl halides is 2. The zero-order valence-corrected chi connectivity index (χ0v) is 22.7. The van der Waals surface area contributed by atoms with Crippen molar-refractivity contribution in [1.82, 2.24) is 5.32 Å². The van der Waals surface area contributed by atoms with E-state index in [0.717, 1.165) is 43.6 Å². The second-order valence-corrected chi connectivity index (χ2v) is 12.0. The lowest BCUT2D eigenvalue weighted by atomic mass is 9.55. The predicted molar refractivity (Wildman–Crippen MR) is 148 cm³/mol. The van der Waals surface area contributed by atoms with E-state index in [1.165, 1.54) is 30.4 Å². The third-order valence-corrected chi connectivity index (χ3v) is 9.76. The lowest BCUT2D eigenvalue weighted by molar-refractivity contribution is -0.122. The molecule has 0 heterocycles. The van der Waals surface area contributed by atoms with Crippen molar-refractivity contribution in [2.24, 2.45) is 17.3 Å². The number of rotatable bonds is 8. The molecular formula is C30H38Cl2N2O2. The summed E-state index contributed by atoms with van der Waals surface area (Å²) in [6.07, 6.45) is 7.24. The van der Waals surface area contributed by atoms with Gasteiger partial charge in [0.2, 0.25) is 5.91 Å². The Morgan fingerprint density at radius 1 is 1.06 bits per heavy atom. The molecule has 2 aromatic rings. The van der Waals surface area contributed by atoms with E-state index in [1.54, 1.807) is 0 Å². The predicted octanol–water partition coefficient (Wildman–Crippen LogP) is 6.26. The molecule has 36 heavy (non-hydrogen) atoms. The number of phenolic OH excluding ortho intramolecular Hbond substituents is 1. The van der Waals surface area contributed by atoms with Crippen molar-refractivity contribution in [3.63, 3.8) is 0 Å². The molecule has 1 amide bonds. The van der Waals surface area contributed by atoms with Crippen LogP contribution in [0.5, 0.6) is 5.75 Å². The summed E-state index contributed by atoms with van der Waals surface area (Å²) in [6.45, 7) is 3.94. The molecule has 2 saturated carbocycles. The van der Waals surface area contributed by atoms with E-state index in [4.69, 9.17) is 23.2 Å². The molecule has 0 aliphatic heterocycles. The molecule has 0 aromatic heterocycles. The third kappa shape index (κ3) is 4.96. The molecule has 3 aliphatic carbocycles. The van der Waals surface area contributed by atoms with E-state index >= 15 is 0 Å². The number of phenols is 1. The Morgan fingerprint density at radius 3 is 2.53 bits per heavy atom. The summed E-state index contributed by atoms with van der Waals surface area (Å²) >= 11 is 11.9. The number of hydrogen-bond donors (Lipinski definition) is 2. The van der Waals surface area contributed by atoms with Crippen LogP contribution in [0, 0.1) is 17.3 Å². The molecule has 0 unspecified atom stereocenters. The van der Waals surface area contributed by atoms with Gasteiger partial charge in [0.25, 0.3) is 0 Å². The first-order valence-electron chi connectivity index (χ1n) is 13.5. The number of carbonyl (C=O) groups excluding carboxylic acids is 1. The van der Waals surface area contributed by atoms with Gasteiger partial charge in [-0.05, 0) is 103 Å². The molecule has 2 N–H and O–H groups in total. The Hall–Kier alpha value is -1.91. The van der Waals surface area contributed by atoms with Crippen LogP contribution in [0.25, 0.3) is 0 Å². The first-order chi connectivity index (χ1) is 17.4. The fraction of sp³-hybridized carbons (Fsp3) is 0.567. The lowest BCUT2D eigenvalue weighted by Gasteiger charge is -2.51. The highest BCUT2D eigenvalue weighted by Crippen LogP contribution is 2.61. The number of aryl methyl sites for hydroxylation is 1. The van der Waals surface area contributed by atoms with Gasteiger partial charge in [-0.2, -0.15) is 0 Å². The van der Waals surface area contributed by atoms with E-state index in [-0.39, 0.29) is 17.4 Å². The van der Waals surface area contributed by atoms with Crippen molar-refractivity contribution in [3.05, 3.63) is 59.2 Å². The zero-order chi connectivity index (χ0) is 25.3. The average molecular weight is 530 g/mol. The highest BCUT2D eigenvalue weighted by atomic mass is 35.5. The molecular weight excluding hydrogens is 491 g/mol. The van der Waals surface area contributed by atoms with Crippen molar-refractivity contribution in [1.29, 1.82) is 0 Å². The topological polar surface area (TPSA) is 52.6 Å². The first kappa shape index (κ1) is 25.7. The van der Waals surface area contributed by atoms with Crippen molar-refractivity contribution in [2.45, 2.75) is 63.8 Å². The van der Waals surface area contributed by atoms with Gasteiger partial charge < -0.3 is 15.3 Å². The van der Waals surface area contributed by atoms with Crippen molar-refractivity contribution in [3.8, 4) is 5.75 Å². The average Bonchev–Trinajstić information content (AvgIpc) is 3.20. The molecule has 2 fully saturated rings. The second-order valence-electron chi connectivity index (χ2n) is 11.2. The highest BCUT2D eigenvalue weighted by Gasteiger charge is 2.55. The largest absolute Gasteiger partial charge is 0.508 e. The molecule has 6 heteroatoms. The van der Waals surface area contributed by atoms with Gasteiger partial charge in [0.05, 0.1) is 6.42 Å². The third-order valence-electron chi connectivity index (χ3n) is 9.42. The lowest BCUT2D eigenvalue weighted by Crippen LogP contribution is -2.50. The standard InChI is InChI=1S/C30H38Cl2N2O2/c1-30-13-12-25-24-9-7-23(35)19-21(24)4-8-26(25)27(30)10-11-28(30)33-29(36)18-20-2-5-22(6-3-20)34(16-14-31)17-15-32/h2-3,5-7,9,19,25-28,35H,4,8,10-18H2,1H3,(H,33,36)/t25-,26-,27-,28-,30+/m0/s1. The molecule has 0 spiro atoms. The molecule has 5 rings (SSSR count). The van der Waals surface area contributed by atoms with E-state index < -0.39 is 0 Å². The van der Waals surface area contributed by atoms with Crippen LogP contribution in [0.15, 0.2) is 42.5 Å². The number of halogens is 2. The maximum Gasteiger partial charge on any atom is 0.224 e. The zero-order valence-electron chi connectivity index (χ0n) is 21.2. The summed E-state index contributed by atoms with van der Waals surface area (Å²) in [5.41, 5.74) is 5.08. The highest BCUT2D eigenvalue weighted by molar-refractivity contribution is 6.18. The van der Waals surface area contributed by atoms with Crippen LogP contribution in [0.2, 0.25) is 0 Å². The second kappa shape index (κ2) is 10.8. The summed E-state index contributed by atoms with van der Waals surface area (Å²) in [4.78, 5) is 15.3. The van der Waals surface area contributed by atoms with Crippen LogP contribution in [0.4, 0.5) is 5.69 Å². The minimum atomic E-state index is 0.125. The monoisotopic (exact) mass is 528 g/mol. The molecule has 194 valence electrons. The van der Waals surface area contributed by atoms with Gasteiger partial charge in [-0.15, -0.1) is 23.2 Å². The van der Waals surface area contributed by atoms with E-state index in [2.05, 4.69) is 35.3 Å². The Balaban J connectivity index is 1.22.